The number of carbonyl (C=O) groups is 1. The zero-order valence-corrected chi connectivity index (χ0v) is 15.0. The molecule has 1 aromatic heterocycles. The second-order valence-corrected chi connectivity index (χ2v) is 6.51. The lowest BCUT2D eigenvalue weighted by atomic mass is 10.2. The second kappa shape index (κ2) is 6.75. The Morgan fingerprint density at radius 1 is 1.27 bits per heavy atom. The number of ether oxygens (including phenoxy) is 2. The van der Waals surface area contributed by atoms with Crippen molar-refractivity contribution < 1.29 is 14.3 Å². The number of amides is 1. The number of nitrogens with one attached hydrogen (secondary N) is 1. The van der Waals surface area contributed by atoms with Gasteiger partial charge in [-0.05, 0) is 36.2 Å². The Morgan fingerprint density at radius 3 is 2.81 bits per heavy atom. The molecule has 0 bridgehead atoms. The SMILES string of the molecule is CCC1Cn2c(C(=O)NCc3ccc(OC)cc3)cc3cccc(c32)O1. The van der Waals surface area contributed by atoms with Gasteiger partial charge in [0, 0.05) is 11.9 Å². The topological polar surface area (TPSA) is 52.5 Å². The number of rotatable bonds is 5. The first-order valence-electron chi connectivity index (χ1n) is 8.89. The van der Waals surface area contributed by atoms with Gasteiger partial charge in [0.05, 0.1) is 19.2 Å². The molecule has 1 aliphatic rings. The minimum absolute atomic E-state index is 0.0697. The normalized spacial score (nSPS) is 15.5. The van der Waals surface area contributed by atoms with Crippen molar-refractivity contribution in [1.82, 2.24) is 9.88 Å². The van der Waals surface area contributed by atoms with Gasteiger partial charge in [-0.25, -0.2) is 0 Å². The monoisotopic (exact) mass is 350 g/mol. The molecule has 3 aromatic rings. The second-order valence-electron chi connectivity index (χ2n) is 6.51. The van der Waals surface area contributed by atoms with E-state index in [1.165, 1.54) is 0 Å². The zero-order valence-electron chi connectivity index (χ0n) is 15.0. The molecule has 2 aromatic carbocycles. The standard InChI is InChI=1S/C21H22N2O3/c1-3-16-13-23-18(11-15-5-4-6-19(26-16)20(15)23)21(24)22-12-14-7-9-17(25-2)10-8-14/h4-11,16H,3,12-13H2,1-2H3,(H,22,24). The van der Waals surface area contributed by atoms with Gasteiger partial charge >= 0.3 is 0 Å². The average molecular weight is 350 g/mol. The van der Waals surface area contributed by atoms with E-state index in [4.69, 9.17) is 9.47 Å². The van der Waals surface area contributed by atoms with E-state index in [-0.39, 0.29) is 12.0 Å². The Morgan fingerprint density at radius 2 is 2.08 bits per heavy atom. The summed E-state index contributed by atoms with van der Waals surface area (Å²) in [7, 11) is 1.64. The van der Waals surface area contributed by atoms with Gasteiger partial charge in [-0.2, -0.15) is 0 Å². The van der Waals surface area contributed by atoms with Crippen LogP contribution >= 0.6 is 0 Å². The van der Waals surface area contributed by atoms with E-state index >= 15 is 0 Å². The van der Waals surface area contributed by atoms with Crippen molar-refractivity contribution in [3.05, 3.63) is 59.8 Å². The molecular formula is C21H22N2O3. The molecule has 0 radical (unpaired) electrons. The van der Waals surface area contributed by atoms with E-state index < -0.39 is 0 Å². The van der Waals surface area contributed by atoms with E-state index in [1.807, 2.05) is 48.5 Å². The fraction of sp³-hybridized carbons (Fsp3) is 0.286. The molecule has 1 unspecified atom stereocenters. The van der Waals surface area contributed by atoms with Crippen molar-refractivity contribution in [3.8, 4) is 11.5 Å². The van der Waals surface area contributed by atoms with Crippen LogP contribution in [0.5, 0.6) is 11.5 Å². The lowest BCUT2D eigenvalue weighted by Gasteiger charge is -2.26. The van der Waals surface area contributed by atoms with E-state index in [1.54, 1.807) is 7.11 Å². The predicted molar refractivity (Wildman–Crippen MR) is 101 cm³/mol. The largest absolute Gasteiger partial charge is 0.497 e. The first-order valence-corrected chi connectivity index (χ1v) is 8.89. The van der Waals surface area contributed by atoms with Gasteiger partial charge in [0.2, 0.25) is 0 Å². The number of para-hydroxylation sites is 1. The van der Waals surface area contributed by atoms with Gasteiger partial charge in [-0.3, -0.25) is 4.79 Å². The van der Waals surface area contributed by atoms with Crippen LogP contribution in [0.3, 0.4) is 0 Å². The molecule has 5 nitrogen and oxygen atoms in total. The van der Waals surface area contributed by atoms with E-state index in [2.05, 4.69) is 16.8 Å². The summed E-state index contributed by atoms with van der Waals surface area (Å²) >= 11 is 0. The van der Waals surface area contributed by atoms with Crippen molar-refractivity contribution in [2.75, 3.05) is 7.11 Å². The highest BCUT2D eigenvalue weighted by Gasteiger charge is 2.25. The zero-order chi connectivity index (χ0) is 18.1. The third kappa shape index (κ3) is 2.90. The molecule has 0 saturated carbocycles. The molecule has 134 valence electrons. The molecule has 1 N–H and O–H groups in total. The van der Waals surface area contributed by atoms with Crippen molar-refractivity contribution in [1.29, 1.82) is 0 Å². The van der Waals surface area contributed by atoms with Crippen molar-refractivity contribution in [3.63, 3.8) is 0 Å². The number of benzene rings is 2. The van der Waals surface area contributed by atoms with Crippen molar-refractivity contribution in [2.24, 2.45) is 0 Å². The number of carbonyl (C=O) groups excluding carboxylic acids is 1. The van der Waals surface area contributed by atoms with Crippen LogP contribution < -0.4 is 14.8 Å². The molecule has 1 amide bonds. The average Bonchev–Trinajstić information content (AvgIpc) is 3.06. The summed E-state index contributed by atoms with van der Waals surface area (Å²) in [6, 6.07) is 15.6. The molecule has 0 saturated heterocycles. The minimum atomic E-state index is -0.0697. The van der Waals surface area contributed by atoms with Gasteiger partial charge in [0.1, 0.15) is 23.3 Å². The highest BCUT2D eigenvalue weighted by Crippen LogP contribution is 2.34. The quantitative estimate of drug-likeness (QED) is 0.762. The fourth-order valence-corrected chi connectivity index (χ4v) is 3.41. The molecule has 5 heteroatoms. The van der Waals surface area contributed by atoms with Crippen LogP contribution in [0.4, 0.5) is 0 Å². The predicted octanol–water partition coefficient (Wildman–Crippen LogP) is 3.75. The number of hydrogen-bond donors (Lipinski definition) is 1. The molecule has 1 atom stereocenters. The van der Waals surface area contributed by atoms with Crippen LogP contribution in [0.1, 0.15) is 29.4 Å². The maximum Gasteiger partial charge on any atom is 0.268 e. The fourth-order valence-electron chi connectivity index (χ4n) is 3.41. The molecule has 0 fully saturated rings. The van der Waals surface area contributed by atoms with Crippen LogP contribution in [-0.4, -0.2) is 23.7 Å². The summed E-state index contributed by atoms with van der Waals surface area (Å²) in [5, 5.41) is 4.06. The molecule has 1 aliphatic heterocycles. The van der Waals surface area contributed by atoms with Gasteiger partial charge in [-0.15, -0.1) is 0 Å². The summed E-state index contributed by atoms with van der Waals surface area (Å²) in [4.78, 5) is 12.8. The maximum atomic E-state index is 12.8. The van der Waals surface area contributed by atoms with Crippen LogP contribution in [0, 0.1) is 0 Å². The van der Waals surface area contributed by atoms with Gasteiger partial charge in [0.25, 0.3) is 5.91 Å². The summed E-state index contributed by atoms with van der Waals surface area (Å²) in [6.45, 7) is 3.27. The Balaban J connectivity index is 1.58. The molecule has 0 spiro atoms. The third-order valence-corrected chi connectivity index (χ3v) is 4.86. The minimum Gasteiger partial charge on any atom is -0.497 e. The third-order valence-electron chi connectivity index (χ3n) is 4.86. The number of nitrogens with zero attached hydrogens (tertiary/aromatic N) is 1. The van der Waals surface area contributed by atoms with Crippen LogP contribution in [0.15, 0.2) is 48.5 Å². The van der Waals surface area contributed by atoms with Crippen LogP contribution in [-0.2, 0) is 13.1 Å². The molecular weight excluding hydrogens is 328 g/mol. The van der Waals surface area contributed by atoms with Gasteiger partial charge < -0.3 is 19.4 Å². The van der Waals surface area contributed by atoms with Crippen molar-refractivity contribution >= 4 is 16.8 Å². The van der Waals surface area contributed by atoms with Crippen molar-refractivity contribution in [2.45, 2.75) is 32.5 Å². The first-order chi connectivity index (χ1) is 12.7. The molecule has 26 heavy (non-hydrogen) atoms. The lowest BCUT2D eigenvalue weighted by Crippen LogP contribution is -2.31. The van der Waals surface area contributed by atoms with E-state index in [0.717, 1.165) is 34.4 Å². The van der Waals surface area contributed by atoms with Gasteiger partial charge in [0.15, 0.2) is 0 Å². The van der Waals surface area contributed by atoms with Crippen LogP contribution in [0.2, 0.25) is 0 Å². The Bertz CT molecular complexity index is 944. The number of aromatic nitrogens is 1. The molecule has 4 rings (SSSR count). The smallest absolute Gasteiger partial charge is 0.268 e. The van der Waals surface area contributed by atoms with E-state index in [9.17, 15) is 4.79 Å². The van der Waals surface area contributed by atoms with Crippen LogP contribution in [0.25, 0.3) is 10.9 Å². The first kappa shape index (κ1) is 16.5. The molecule has 2 heterocycles. The summed E-state index contributed by atoms with van der Waals surface area (Å²) in [5.41, 5.74) is 2.72. The Kier molecular flexibility index (Phi) is 4.29. The summed E-state index contributed by atoms with van der Waals surface area (Å²) < 4.78 is 13.3. The lowest BCUT2D eigenvalue weighted by molar-refractivity contribution is 0.0935. The highest BCUT2D eigenvalue weighted by molar-refractivity contribution is 6.00. The Hall–Kier alpha value is -2.95. The summed E-state index contributed by atoms with van der Waals surface area (Å²) in [6.07, 6.45) is 0.995. The molecule has 0 aliphatic carbocycles. The summed E-state index contributed by atoms with van der Waals surface area (Å²) in [5.74, 6) is 1.59. The number of methoxy groups -OCH3 is 1. The van der Waals surface area contributed by atoms with Gasteiger partial charge in [-0.1, -0.05) is 31.2 Å². The number of hydrogen-bond acceptors (Lipinski definition) is 3. The Labute approximate surface area is 152 Å². The highest BCUT2D eigenvalue weighted by atomic mass is 16.5. The maximum absolute atomic E-state index is 12.8. The van der Waals surface area contributed by atoms with E-state index in [0.29, 0.717) is 18.8 Å².